The van der Waals surface area contributed by atoms with E-state index in [-0.39, 0.29) is 5.02 Å². The number of rotatable bonds is 1. The van der Waals surface area contributed by atoms with Crippen molar-refractivity contribution < 1.29 is 13.2 Å². The van der Waals surface area contributed by atoms with Crippen LogP contribution in [0.2, 0.25) is 5.02 Å². The zero-order valence-electron chi connectivity index (χ0n) is 9.37. The van der Waals surface area contributed by atoms with Crippen LogP contribution < -0.4 is 0 Å². The van der Waals surface area contributed by atoms with Crippen LogP contribution in [-0.2, 0) is 6.18 Å². The molecule has 0 aliphatic carbocycles. The monoisotopic (exact) mass is 282 g/mol. The SMILES string of the molecule is N#Cc1ccc(-c2ccc(C(F)(F)F)nc2)cc1Cl. The molecule has 0 aliphatic rings. The first-order valence-corrected chi connectivity index (χ1v) is 5.53. The van der Waals surface area contributed by atoms with E-state index in [1.165, 1.54) is 18.2 Å². The van der Waals surface area contributed by atoms with Crippen molar-refractivity contribution in [2.24, 2.45) is 0 Å². The Morgan fingerprint density at radius 1 is 1.11 bits per heavy atom. The standard InChI is InChI=1S/C13H6ClF3N2/c14-11-5-8(1-2-9(11)6-18)10-3-4-12(19-7-10)13(15,16)17/h1-5,7H. The van der Waals surface area contributed by atoms with Gasteiger partial charge < -0.3 is 0 Å². The third kappa shape index (κ3) is 2.85. The van der Waals surface area contributed by atoms with Crippen LogP contribution in [0, 0.1) is 11.3 Å². The van der Waals surface area contributed by atoms with Gasteiger partial charge in [0, 0.05) is 11.8 Å². The molecule has 1 aromatic carbocycles. The van der Waals surface area contributed by atoms with Crippen LogP contribution in [0.15, 0.2) is 36.5 Å². The molecule has 0 atom stereocenters. The lowest BCUT2D eigenvalue weighted by atomic mass is 10.1. The van der Waals surface area contributed by atoms with Crippen molar-refractivity contribution in [1.82, 2.24) is 4.98 Å². The molecule has 0 bridgehead atoms. The molecule has 0 unspecified atom stereocenters. The molecule has 96 valence electrons. The van der Waals surface area contributed by atoms with Gasteiger partial charge in [-0.1, -0.05) is 23.7 Å². The van der Waals surface area contributed by atoms with Gasteiger partial charge in [-0.3, -0.25) is 4.98 Å². The second-order valence-corrected chi connectivity index (χ2v) is 4.14. The van der Waals surface area contributed by atoms with Crippen LogP contribution in [0.3, 0.4) is 0 Å². The van der Waals surface area contributed by atoms with E-state index < -0.39 is 11.9 Å². The fourth-order valence-corrected chi connectivity index (χ4v) is 1.74. The number of benzene rings is 1. The Labute approximate surface area is 112 Å². The Balaban J connectivity index is 2.38. The summed E-state index contributed by atoms with van der Waals surface area (Å²) in [6.07, 6.45) is -3.33. The van der Waals surface area contributed by atoms with Gasteiger partial charge >= 0.3 is 6.18 Å². The van der Waals surface area contributed by atoms with E-state index >= 15 is 0 Å². The Morgan fingerprint density at radius 3 is 2.26 bits per heavy atom. The minimum Gasteiger partial charge on any atom is -0.251 e. The van der Waals surface area contributed by atoms with E-state index in [4.69, 9.17) is 16.9 Å². The molecular weight excluding hydrogens is 277 g/mol. The summed E-state index contributed by atoms with van der Waals surface area (Å²) in [6, 6.07) is 8.76. The smallest absolute Gasteiger partial charge is 0.251 e. The zero-order valence-corrected chi connectivity index (χ0v) is 10.1. The van der Waals surface area contributed by atoms with Gasteiger partial charge in [-0.25, -0.2) is 0 Å². The van der Waals surface area contributed by atoms with Crippen molar-refractivity contribution in [3.8, 4) is 17.2 Å². The highest BCUT2D eigenvalue weighted by molar-refractivity contribution is 6.32. The molecule has 2 nitrogen and oxygen atoms in total. The van der Waals surface area contributed by atoms with Crippen LogP contribution >= 0.6 is 11.6 Å². The Hall–Kier alpha value is -2.06. The maximum Gasteiger partial charge on any atom is 0.433 e. The highest BCUT2D eigenvalue weighted by atomic mass is 35.5. The number of hydrogen-bond acceptors (Lipinski definition) is 2. The molecule has 0 fully saturated rings. The van der Waals surface area contributed by atoms with Crippen LogP contribution in [0.4, 0.5) is 13.2 Å². The Kier molecular flexibility index (Phi) is 3.45. The molecule has 2 rings (SSSR count). The van der Waals surface area contributed by atoms with Gasteiger partial charge in [0.2, 0.25) is 0 Å². The molecule has 0 saturated carbocycles. The highest BCUT2D eigenvalue weighted by Gasteiger charge is 2.32. The fourth-order valence-electron chi connectivity index (χ4n) is 1.52. The first-order chi connectivity index (χ1) is 8.91. The van der Waals surface area contributed by atoms with Crippen molar-refractivity contribution in [3.63, 3.8) is 0 Å². The van der Waals surface area contributed by atoms with E-state index in [0.29, 0.717) is 16.7 Å². The number of halogens is 4. The number of nitrogens with zero attached hydrogens (tertiary/aromatic N) is 2. The van der Waals surface area contributed by atoms with E-state index in [2.05, 4.69) is 4.98 Å². The van der Waals surface area contributed by atoms with Crippen molar-refractivity contribution >= 4 is 11.6 Å². The largest absolute Gasteiger partial charge is 0.433 e. The summed E-state index contributed by atoms with van der Waals surface area (Å²) in [5.41, 5.74) is 0.464. The van der Waals surface area contributed by atoms with Gasteiger partial charge in [-0.05, 0) is 23.8 Å². The van der Waals surface area contributed by atoms with Crippen molar-refractivity contribution in [2.75, 3.05) is 0 Å². The number of alkyl halides is 3. The van der Waals surface area contributed by atoms with E-state index in [1.807, 2.05) is 6.07 Å². The maximum absolute atomic E-state index is 12.4. The quantitative estimate of drug-likeness (QED) is 0.782. The summed E-state index contributed by atoms with van der Waals surface area (Å²) in [4.78, 5) is 3.37. The first kappa shape index (κ1) is 13.4. The average Bonchev–Trinajstić information content (AvgIpc) is 2.38. The zero-order chi connectivity index (χ0) is 14.0. The summed E-state index contributed by atoms with van der Waals surface area (Å²) in [7, 11) is 0. The minimum absolute atomic E-state index is 0.250. The maximum atomic E-state index is 12.4. The van der Waals surface area contributed by atoms with Gasteiger partial charge in [-0.15, -0.1) is 0 Å². The molecule has 0 aliphatic heterocycles. The number of nitriles is 1. The lowest BCUT2D eigenvalue weighted by Crippen LogP contribution is -2.07. The fraction of sp³-hybridized carbons (Fsp3) is 0.0769. The Morgan fingerprint density at radius 2 is 1.79 bits per heavy atom. The summed E-state index contributed by atoms with van der Waals surface area (Å²) in [5.74, 6) is 0. The molecule has 0 saturated heterocycles. The first-order valence-electron chi connectivity index (χ1n) is 5.15. The second-order valence-electron chi connectivity index (χ2n) is 3.74. The third-order valence-corrected chi connectivity index (χ3v) is 2.79. The van der Waals surface area contributed by atoms with Gasteiger partial charge in [0.25, 0.3) is 0 Å². The summed E-state index contributed by atoms with van der Waals surface area (Å²) in [6.45, 7) is 0. The third-order valence-electron chi connectivity index (χ3n) is 2.48. The van der Waals surface area contributed by atoms with Crippen LogP contribution in [0.25, 0.3) is 11.1 Å². The lowest BCUT2D eigenvalue weighted by molar-refractivity contribution is -0.141. The van der Waals surface area contributed by atoms with Gasteiger partial charge in [-0.2, -0.15) is 18.4 Å². The predicted octanol–water partition coefficient (Wildman–Crippen LogP) is 4.29. The normalized spacial score (nSPS) is 11.1. The van der Waals surface area contributed by atoms with E-state index in [1.54, 1.807) is 6.07 Å². The van der Waals surface area contributed by atoms with Crippen LogP contribution in [0.5, 0.6) is 0 Å². The van der Waals surface area contributed by atoms with E-state index in [9.17, 15) is 13.2 Å². The average molecular weight is 283 g/mol. The molecule has 0 radical (unpaired) electrons. The Bertz CT molecular complexity index is 642. The summed E-state index contributed by atoms with van der Waals surface area (Å²) in [5, 5.41) is 8.98. The molecule has 1 aromatic heterocycles. The van der Waals surface area contributed by atoms with Gasteiger partial charge in [0.15, 0.2) is 0 Å². The molecule has 0 amide bonds. The van der Waals surface area contributed by atoms with E-state index in [0.717, 1.165) is 12.3 Å². The lowest BCUT2D eigenvalue weighted by Gasteiger charge is -2.07. The molecule has 1 heterocycles. The summed E-state index contributed by atoms with van der Waals surface area (Å²) < 4.78 is 37.1. The molecule has 0 spiro atoms. The molecule has 2 aromatic rings. The van der Waals surface area contributed by atoms with Crippen LogP contribution in [0.1, 0.15) is 11.3 Å². The van der Waals surface area contributed by atoms with Crippen molar-refractivity contribution in [3.05, 3.63) is 52.8 Å². The second kappa shape index (κ2) is 4.90. The minimum atomic E-state index is -4.46. The highest BCUT2D eigenvalue weighted by Crippen LogP contribution is 2.30. The molecule has 0 N–H and O–H groups in total. The van der Waals surface area contributed by atoms with Crippen molar-refractivity contribution in [1.29, 1.82) is 5.26 Å². The number of aromatic nitrogens is 1. The molecule has 19 heavy (non-hydrogen) atoms. The molecule has 6 heteroatoms. The van der Waals surface area contributed by atoms with Crippen molar-refractivity contribution in [2.45, 2.75) is 6.18 Å². The molecular formula is C13H6ClF3N2. The number of pyridine rings is 1. The predicted molar refractivity (Wildman–Crippen MR) is 64.4 cm³/mol. The van der Waals surface area contributed by atoms with Gasteiger partial charge in [0.1, 0.15) is 11.8 Å². The summed E-state index contributed by atoms with van der Waals surface area (Å²) >= 11 is 5.86. The topological polar surface area (TPSA) is 36.7 Å². The van der Waals surface area contributed by atoms with Crippen LogP contribution in [-0.4, -0.2) is 4.98 Å². The van der Waals surface area contributed by atoms with Gasteiger partial charge in [0.05, 0.1) is 10.6 Å². The number of hydrogen-bond donors (Lipinski definition) is 0.